The Bertz CT molecular complexity index is 1090. The van der Waals surface area contributed by atoms with Crippen LogP contribution in [-0.4, -0.2) is 22.6 Å². The quantitative estimate of drug-likeness (QED) is 0.277. The highest BCUT2D eigenvalue weighted by Gasteiger charge is 2.11. The summed E-state index contributed by atoms with van der Waals surface area (Å²) in [6.45, 7) is 0.544. The average molecular weight is 411 g/mol. The number of nitrogens with zero attached hydrogens (tertiary/aromatic N) is 2. The van der Waals surface area contributed by atoms with Crippen molar-refractivity contribution in [3.63, 3.8) is 0 Å². The third-order valence-corrected chi connectivity index (χ3v) is 5.37. The van der Waals surface area contributed by atoms with Crippen LogP contribution in [0.25, 0.3) is 22.0 Å². The minimum absolute atomic E-state index is 0.270. The van der Waals surface area contributed by atoms with Gasteiger partial charge in [0, 0.05) is 27.1 Å². The van der Waals surface area contributed by atoms with Gasteiger partial charge in [0.2, 0.25) is 0 Å². The van der Waals surface area contributed by atoms with E-state index in [1.165, 1.54) is 12.1 Å². The van der Waals surface area contributed by atoms with Gasteiger partial charge < -0.3 is 4.74 Å². The van der Waals surface area contributed by atoms with Crippen LogP contribution in [-0.2, 0) is 0 Å². The summed E-state index contributed by atoms with van der Waals surface area (Å²) in [6, 6.07) is 21.6. The van der Waals surface area contributed by atoms with E-state index in [1.54, 1.807) is 36.0 Å². The first-order valence-electron chi connectivity index (χ1n) is 8.73. The van der Waals surface area contributed by atoms with Crippen molar-refractivity contribution in [2.45, 2.75) is 5.03 Å². The van der Waals surface area contributed by atoms with Crippen molar-refractivity contribution in [1.82, 2.24) is 10.2 Å². The molecule has 0 aliphatic carbocycles. The molecule has 4 aromatic rings. The van der Waals surface area contributed by atoms with Crippen LogP contribution < -0.4 is 4.74 Å². The summed E-state index contributed by atoms with van der Waals surface area (Å²) in [5, 5.41) is 12.4. The molecule has 0 saturated carbocycles. The first-order chi connectivity index (χ1) is 13.7. The van der Waals surface area contributed by atoms with E-state index < -0.39 is 0 Å². The van der Waals surface area contributed by atoms with Gasteiger partial charge in [-0.2, -0.15) is 0 Å². The second-order valence-electron chi connectivity index (χ2n) is 6.06. The van der Waals surface area contributed by atoms with Crippen LogP contribution in [0.2, 0.25) is 5.02 Å². The van der Waals surface area contributed by atoms with Gasteiger partial charge in [0.05, 0.1) is 6.61 Å². The molecule has 0 spiro atoms. The lowest BCUT2D eigenvalue weighted by atomic mass is 10.1. The first kappa shape index (κ1) is 18.7. The molecule has 0 aliphatic heterocycles. The summed E-state index contributed by atoms with van der Waals surface area (Å²) >= 11 is 7.47. The lowest BCUT2D eigenvalue weighted by molar-refractivity contribution is 0.344. The molecule has 1 aromatic heterocycles. The normalized spacial score (nSPS) is 10.9. The number of hydrogen-bond acceptors (Lipinski definition) is 4. The number of rotatable bonds is 6. The molecule has 1 heterocycles. The minimum Gasteiger partial charge on any atom is -0.493 e. The van der Waals surface area contributed by atoms with Gasteiger partial charge in [-0.3, -0.25) is 0 Å². The van der Waals surface area contributed by atoms with Gasteiger partial charge in [0.15, 0.2) is 0 Å². The van der Waals surface area contributed by atoms with Gasteiger partial charge in [-0.15, -0.1) is 22.0 Å². The van der Waals surface area contributed by atoms with Crippen molar-refractivity contribution in [3.8, 4) is 17.0 Å². The minimum atomic E-state index is -0.270. The van der Waals surface area contributed by atoms with Crippen molar-refractivity contribution < 1.29 is 9.13 Å². The molecule has 0 radical (unpaired) electrons. The Hall–Kier alpha value is -2.63. The summed E-state index contributed by atoms with van der Waals surface area (Å²) < 4.78 is 19.0. The van der Waals surface area contributed by atoms with Crippen LogP contribution >= 0.6 is 23.4 Å². The molecule has 4 rings (SSSR count). The molecule has 0 unspecified atom stereocenters. The van der Waals surface area contributed by atoms with E-state index in [4.69, 9.17) is 16.3 Å². The van der Waals surface area contributed by atoms with Crippen molar-refractivity contribution in [1.29, 1.82) is 0 Å². The number of ether oxygens (including phenoxy) is 1. The maximum absolute atomic E-state index is 13.2. The van der Waals surface area contributed by atoms with Crippen molar-refractivity contribution in [2.75, 3.05) is 12.4 Å². The second-order valence-corrected chi connectivity index (χ2v) is 7.58. The molecule has 0 amide bonds. The van der Waals surface area contributed by atoms with Crippen LogP contribution in [0.5, 0.6) is 5.75 Å². The molecular weight excluding hydrogens is 395 g/mol. The first-order valence-corrected chi connectivity index (χ1v) is 10.1. The van der Waals surface area contributed by atoms with Crippen molar-refractivity contribution in [2.24, 2.45) is 0 Å². The predicted octanol–water partition coefficient (Wildman–Crippen LogP) is 6.26. The van der Waals surface area contributed by atoms with Crippen LogP contribution in [0.15, 0.2) is 77.8 Å². The standard InChI is InChI=1S/C22H16ClFN2OS/c23-16-7-11-18(12-8-16)27-13-14-28-22-20-4-2-1-3-19(20)21(25-26-22)15-5-9-17(24)10-6-15/h1-12H,13-14H2. The Morgan fingerprint density at radius 1 is 0.857 bits per heavy atom. The SMILES string of the molecule is Fc1ccc(-c2nnc(SCCOc3ccc(Cl)cc3)c3ccccc23)cc1. The zero-order chi connectivity index (χ0) is 19.3. The summed E-state index contributed by atoms with van der Waals surface area (Å²) in [7, 11) is 0. The monoisotopic (exact) mass is 410 g/mol. The van der Waals surface area contributed by atoms with E-state index in [0.717, 1.165) is 38.6 Å². The molecule has 28 heavy (non-hydrogen) atoms. The van der Waals surface area contributed by atoms with Crippen molar-refractivity contribution in [3.05, 3.63) is 83.6 Å². The highest BCUT2D eigenvalue weighted by atomic mass is 35.5. The van der Waals surface area contributed by atoms with Gasteiger partial charge in [0.1, 0.15) is 22.3 Å². The average Bonchev–Trinajstić information content (AvgIpc) is 2.73. The van der Waals surface area contributed by atoms with E-state index in [0.29, 0.717) is 11.6 Å². The fraction of sp³-hybridized carbons (Fsp3) is 0.0909. The van der Waals surface area contributed by atoms with E-state index in [2.05, 4.69) is 10.2 Å². The largest absolute Gasteiger partial charge is 0.493 e. The summed E-state index contributed by atoms with van der Waals surface area (Å²) in [5.41, 5.74) is 1.59. The number of aromatic nitrogens is 2. The van der Waals surface area contributed by atoms with E-state index in [1.807, 2.05) is 36.4 Å². The molecule has 3 nitrogen and oxygen atoms in total. The highest BCUT2D eigenvalue weighted by Crippen LogP contribution is 2.31. The molecule has 140 valence electrons. The highest BCUT2D eigenvalue weighted by molar-refractivity contribution is 7.99. The third kappa shape index (κ3) is 4.26. The van der Waals surface area contributed by atoms with Crippen molar-refractivity contribution >= 4 is 34.1 Å². The van der Waals surface area contributed by atoms with E-state index >= 15 is 0 Å². The zero-order valence-corrected chi connectivity index (χ0v) is 16.4. The van der Waals surface area contributed by atoms with Gasteiger partial charge in [-0.05, 0) is 48.5 Å². The molecule has 0 N–H and O–H groups in total. The Kier molecular flexibility index (Phi) is 5.74. The Labute approximate surface area is 171 Å². The second kappa shape index (κ2) is 8.59. The lowest BCUT2D eigenvalue weighted by Crippen LogP contribution is -2.01. The molecule has 6 heteroatoms. The fourth-order valence-electron chi connectivity index (χ4n) is 2.84. The summed E-state index contributed by atoms with van der Waals surface area (Å²) in [6.07, 6.45) is 0. The molecule has 0 fully saturated rings. The Balaban J connectivity index is 1.51. The molecule has 0 aliphatic rings. The molecule has 0 saturated heterocycles. The number of fused-ring (bicyclic) bond motifs is 1. The zero-order valence-electron chi connectivity index (χ0n) is 14.8. The fourth-order valence-corrected chi connectivity index (χ4v) is 3.75. The molecule has 3 aromatic carbocycles. The topological polar surface area (TPSA) is 35.0 Å². The predicted molar refractivity (Wildman–Crippen MR) is 113 cm³/mol. The number of thioether (sulfide) groups is 1. The number of hydrogen-bond donors (Lipinski definition) is 0. The van der Waals surface area contributed by atoms with E-state index in [9.17, 15) is 4.39 Å². The third-order valence-electron chi connectivity index (χ3n) is 4.18. The van der Waals surface area contributed by atoms with Crippen LogP contribution in [0, 0.1) is 5.82 Å². The Morgan fingerprint density at radius 2 is 1.57 bits per heavy atom. The van der Waals surface area contributed by atoms with Crippen LogP contribution in [0.4, 0.5) is 4.39 Å². The molecular formula is C22H16ClFN2OS. The lowest BCUT2D eigenvalue weighted by Gasteiger charge is -2.10. The molecule has 0 atom stereocenters. The van der Waals surface area contributed by atoms with Crippen LogP contribution in [0.1, 0.15) is 0 Å². The Morgan fingerprint density at radius 3 is 2.32 bits per heavy atom. The van der Waals surface area contributed by atoms with Gasteiger partial charge in [-0.1, -0.05) is 35.9 Å². The van der Waals surface area contributed by atoms with Gasteiger partial charge in [0.25, 0.3) is 0 Å². The summed E-state index contributed by atoms with van der Waals surface area (Å²) in [5.74, 6) is 1.25. The van der Waals surface area contributed by atoms with Gasteiger partial charge >= 0.3 is 0 Å². The number of benzene rings is 3. The smallest absolute Gasteiger partial charge is 0.127 e. The van der Waals surface area contributed by atoms with Gasteiger partial charge in [-0.25, -0.2) is 4.39 Å². The number of halogens is 2. The van der Waals surface area contributed by atoms with E-state index in [-0.39, 0.29) is 5.82 Å². The maximum atomic E-state index is 13.2. The maximum Gasteiger partial charge on any atom is 0.127 e. The van der Waals surface area contributed by atoms with Crippen LogP contribution in [0.3, 0.4) is 0 Å². The summed E-state index contributed by atoms with van der Waals surface area (Å²) in [4.78, 5) is 0. The molecule has 0 bridgehead atoms.